The lowest BCUT2D eigenvalue weighted by Gasteiger charge is -2.29. The van der Waals surface area contributed by atoms with Gasteiger partial charge in [-0.15, -0.1) is 11.8 Å². The third-order valence-electron chi connectivity index (χ3n) is 3.50. The number of ether oxygens (including phenoxy) is 1. The highest BCUT2D eigenvalue weighted by molar-refractivity contribution is 8.06. The van der Waals surface area contributed by atoms with Crippen LogP contribution in [-0.2, 0) is 17.8 Å². The van der Waals surface area contributed by atoms with Crippen molar-refractivity contribution in [3.05, 3.63) is 22.2 Å². The molecule has 2 unspecified atom stereocenters. The van der Waals surface area contributed by atoms with E-state index in [0.717, 1.165) is 36.5 Å². The molecule has 2 aliphatic heterocycles. The number of nitrogens with zero attached hydrogens (tertiary/aromatic N) is 2. The molecule has 0 N–H and O–H groups in total. The molecule has 104 valence electrons. The van der Waals surface area contributed by atoms with Crippen LogP contribution in [0.1, 0.15) is 35.7 Å². The number of thioether (sulfide) groups is 2. The Balaban J connectivity index is 1.93. The molecule has 1 fully saturated rings. The van der Waals surface area contributed by atoms with E-state index in [0.29, 0.717) is 22.3 Å². The molecule has 0 aliphatic carbocycles. The van der Waals surface area contributed by atoms with Gasteiger partial charge in [0.25, 0.3) is 0 Å². The zero-order valence-corrected chi connectivity index (χ0v) is 13.3. The van der Waals surface area contributed by atoms with Gasteiger partial charge in [0.1, 0.15) is 11.0 Å². The predicted molar refractivity (Wildman–Crippen MR) is 82.1 cm³/mol. The molecule has 1 aromatic heterocycles. The van der Waals surface area contributed by atoms with Gasteiger partial charge in [0.05, 0.1) is 24.2 Å². The number of hydrogen-bond donors (Lipinski definition) is 0. The Kier molecular flexibility index (Phi) is 4.57. The summed E-state index contributed by atoms with van der Waals surface area (Å²) in [5, 5.41) is 1.58. The van der Waals surface area contributed by atoms with Crippen LogP contribution in [0.5, 0.6) is 0 Å². The lowest BCUT2D eigenvalue weighted by molar-refractivity contribution is 0.108. The molecule has 6 heteroatoms. The molecule has 3 nitrogen and oxygen atoms in total. The number of hydrogen-bond acceptors (Lipinski definition) is 5. The molecular formula is C13H17ClN2OS2. The first-order chi connectivity index (χ1) is 9.29. The Hall–Kier alpha value is 0.0300. The monoisotopic (exact) mass is 316 g/mol. The second-order valence-electron chi connectivity index (χ2n) is 4.71. The van der Waals surface area contributed by atoms with Gasteiger partial charge in [-0.25, -0.2) is 9.97 Å². The summed E-state index contributed by atoms with van der Waals surface area (Å²) in [5.74, 6) is 3.33. The maximum Gasteiger partial charge on any atom is 0.144 e. The van der Waals surface area contributed by atoms with Gasteiger partial charge in [0.2, 0.25) is 0 Å². The summed E-state index contributed by atoms with van der Waals surface area (Å²) in [5.41, 5.74) is 2.07. The number of fused-ring (bicyclic) bond motifs is 1. The van der Waals surface area contributed by atoms with Crippen LogP contribution in [0.15, 0.2) is 0 Å². The van der Waals surface area contributed by atoms with Crippen LogP contribution in [0.2, 0.25) is 5.15 Å². The number of halogens is 1. The molecule has 3 rings (SSSR count). The quantitative estimate of drug-likeness (QED) is 0.780. The Morgan fingerprint density at radius 2 is 2.16 bits per heavy atom. The third-order valence-corrected chi connectivity index (χ3v) is 7.05. The molecular weight excluding hydrogens is 300 g/mol. The molecule has 0 aromatic carbocycles. The molecule has 0 saturated carbocycles. The summed E-state index contributed by atoms with van der Waals surface area (Å²) in [7, 11) is 0. The maximum atomic E-state index is 6.31. The average Bonchev–Trinajstić information content (AvgIpc) is 2.47. The van der Waals surface area contributed by atoms with Crippen molar-refractivity contribution in [1.29, 1.82) is 0 Å². The number of aromatic nitrogens is 2. The Morgan fingerprint density at radius 3 is 3.00 bits per heavy atom. The van der Waals surface area contributed by atoms with Crippen LogP contribution in [0.4, 0.5) is 0 Å². The Labute approximate surface area is 127 Å². The van der Waals surface area contributed by atoms with Gasteiger partial charge in [-0.3, -0.25) is 0 Å². The summed E-state index contributed by atoms with van der Waals surface area (Å²) in [6, 6.07) is 0. The van der Waals surface area contributed by atoms with E-state index in [9.17, 15) is 0 Å². The van der Waals surface area contributed by atoms with Crippen LogP contribution >= 0.6 is 35.1 Å². The van der Waals surface area contributed by atoms with Crippen molar-refractivity contribution >= 4 is 35.1 Å². The van der Waals surface area contributed by atoms with Crippen LogP contribution in [-0.4, -0.2) is 33.3 Å². The lowest BCUT2D eigenvalue weighted by Crippen LogP contribution is -2.23. The summed E-state index contributed by atoms with van der Waals surface area (Å²) < 4.78 is 5.43. The van der Waals surface area contributed by atoms with Crippen molar-refractivity contribution in [2.75, 3.05) is 18.1 Å². The smallest absolute Gasteiger partial charge is 0.144 e. The molecule has 0 radical (unpaired) electrons. The van der Waals surface area contributed by atoms with Crippen LogP contribution < -0.4 is 0 Å². The van der Waals surface area contributed by atoms with E-state index in [4.69, 9.17) is 21.3 Å². The van der Waals surface area contributed by atoms with Gasteiger partial charge < -0.3 is 4.74 Å². The topological polar surface area (TPSA) is 35.0 Å². The first-order valence-corrected chi connectivity index (χ1v) is 9.13. The van der Waals surface area contributed by atoms with Gasteiger partial charge >= 0.3 is 0 Å². The van der Waals surface area contributed by atoms with Crippen molar-refractivity contribution in [1.82, 2.24) is 9.97 Å². The zero-order chi connectivity index (χ0) is 13.2. The van der Waals surface area contributed by atoms with Crippen molar-refractivity contribution in [2.24, 2.45) is 0 Å². The van der Waals surface area contributed by atoms with Crippen molar-refractivity contribution in [3.63, 3.8) is 0 Å². The lowest BCUT2D eigenvalue weighted by atomic mass is 10.1. The van der Waals surface area contributed by atoms with E-state index in [1.807, 2.05) is 23.5 Å². The van der Waals surface area contributed by atoms with Crippen molar-refractivity contribution < 1.29 is 4.74 Å². The molecule has 0 spiro atoms. The van der Waals surface area contributed by atoms with Crippen LogP contribution in [0.3, 0.4) is 0 Å². The van der Waals surface area contributed by atoms with E-state index in [1.165, 1.54) is 11.5 Å². The first-order valence-electron chi connectivity index (χ1n) is 6.65. The summed E-state index contributed by atoms with van der Waals surface area (Å²) in [4.78, 5) is 9.33. The SMILES string of the molecule is CCC1SCCSC1c1nc(Cl)c2c(n1)CCOC2. The van der Waals surface area contributed by atoms with E-state index in [2.05, 4.69) is 11.9 Å². The molecule has 0 bridgehead atoms. The van der Waals surface area contributed by atoms with Gasteiger partial charge in [-0.2, -0.15) is 11.8 Å². The molecule has 0 amide bonds. The Morgan fingerprint density at radius 1 is 1.32 bits per heavy atom. The van der Waals surface area contributed by atoms with Crippen LogP contribution in [0.25, 0.3) is 0 Å². The fraction of sp³-hybridized carbons (Fsp3) is 0.692. The molecule has 1 saturated heterocycles. The minimum absolute atomic E-state index is 0.384. The maximum absolute atomic E-state index is 6.31. The molecule has 2 aliphatic rings. The average molecular weight is 317 g/mol. The first kappa shape index (κ1) is 14.0. The fourth-order valence-corrected chi connectivity index (χ4v) is 5.72. The fourth-order valence-electron chi connectivity index (χ4n) is 2.48. The highest BCUT2D eigenvalue weighted by atomic mass is 35.5. The van der Waals surface area contributed by atoms with Crippen molar-refractivity contribution in [2.45, 2.75) is 36.9 Å². The summed E-state index contributed by atoms with van der Waals surface area (Å²) in [6.45, 7) is 3.53. The Bertz CT molecular complexity index is 472. The third kappa shape index (κ3) is 2.89. The van der Waals surface area contributed by atoms with E-state index in [1.54, 1.807) is 0 Å². The van der Waals surface area contributed by atoms with Gasteiger partial charge in [-0.1, -0.05) is 18.5 Å². The van der Waals surface area contributed by atoms with E-state index < -0.39 is 0 Å². The highest BCUT2D eigenvalue weighted by Crippen LogP contribution is 2.43. The largest absolute Gasteiger partial charge is 0.376 e. The van der Waals surface area contributed by atoms with Gasteiger partial charge in [-0.05, 0) is 6.42 Å². The summed E-state index contributed by atoms with van der Waals surface area (Å²) in [6.07, 6.45) is 2.01. The van der Waals surface area contributed by atoms with Crippen LogP contribution in [0, 0.1) is 0 Å². The second-order valence-corrected chi connectivity index (χ2v) is 7.66. The van der Waals surface area contributed by atoms with E-state index in [-0.39, 0.29) is 0 Å². The highest BCUT2D eigenvalue weighted by Gasteiger charge is 2.30. The van der Waals surface area contributed by atoms with Gasteiger partial charge in [0.15, 0.2) is 0 Å². The standard InChI is InChI=1S/C13H17ClN2OS2/c1-2-10-11(19-6-5-18-10)13-15-9-3-4-17-7-8(9)12(14)16-13/h10-11H,2-7H2,1H3. The molecule has 1 aromatic rings. The predicted octanol–water partition coefficient (Wildman–Crippen LogP) is 3.50. The molecule has 19 heavy (non-hydrogen) atoms. The van der Waals surface area contributed by atoms with Gasteiger partial charge in [0, 0.05) is 28.7 Å². The van der Waals surface area contributed by atoms with Crippen molar-refractivity contribution in [3.8, 4) is 0 Å². The normalized spacial score (nSPS) is 27.1. The van der Waals surface area contributed by atoms with E-state index >= 15 is 0 Å². The number of rotatable bonds is 2. The zero-order valence-electron chi connectivity index (χ0n) is 10.9. The second kappa shape index (κ2) is 6.20. The molecule has 3 heterocycles. The minimum Gasteiger partial charge on any atom is -0.376 e. The minimum atomic E-state index is 0.384. The summed E-state index contributed by atoms with van der Waals surface area (Å²) >= 11 is 10.3. The molecule has 2 atom stereocenters.